The molecule has 1 N–H and O–H groups in total. The van der Waals surface area contributed by atoms with Crippen LogP contribution in [0.15, 0.2) is 30.3 Å². The lowest BCUT2D eigenvalue weighted by atomic mass is 10.2. The van der Waals surface area contributed by atoms with Crippen molar-refractivity contribution in [1.29, 1.82) is 0 Å². The lowest BCUT2D eigenvalue weighted by Gasteiger charge is -2.20. The number of H-pyrrole nitrogens is 1. The monoisotopic (exact) mass is 262 g/mol. The Morgan fingerprint density at radius 2 is 2.00 bits per heavy atom. The smallest absolute Gasteiger partial charge is 0.226 e. The molecular weight excluding hydrogens is 244 g/mol. The first-order chi connectivity index (χ1) is 8.59. The Kier molecular flexibility index (Phi) is 3.81. The van der Waals surface area contributed by atoms with Crippen molar-refractivity contribution in [3.63, 3.8) is 0 Å². The average Bonchev–Trinajstić information content (AvgIpc) is 2.72. The summed E-state index contributed by atoms with van der Waals surface area (Å²) in [6, 6.07) is 10.6. The van der Waals surface area contributed by atoms with Crippen LogP contribution in [-0.2, 0) is 6.54 Å². The number of benzene rings is 1. The minimum atomic E-state index is 0.296. The van der Waals surface area contributed by atoms with Gasteiger partial charge in [-0.2, -0.15) is 0 Å². The Hall–Kier alpha value is -1.62. The van der Waals surface area contributed by atoms with E-state index in [1.54, 1.807) is 0 Å². The quantitative estimate of drug-likeness (QED) is 0.860. The Morgan fingerprint density at radius 3 is 2.61 bits per heavy atom. The first-order valence-corrected chi connectivity index (χ1v) is 6.42. The molecule has 0 atom stereocenters. The van der Waals surface area contributed by atoms with Crippen molar-refractivity contribution in [3.05, 3.63) is 40.7 Å². The van der Waals surface area contributed by atoms with Gasteiger partial charge in [-0.3, -0.25) is 4.57 Å². The van der Waals surface area contributed by atoms with Crippen LogP contribution in [0.25, 0.3) is 0 Å². The van der Waals surface area contributed by atoms with E-state index in [-0.39, 0.29) is 0 Å². The van der Waals surface area contributed by atoms with Crippen molar-refractivity contribution in [2.24, 2.45) is 0 Å². The maximum absolute atomic E-state index is 5.25. The van der Waals surface area contributed by atoms with Gasteiger partial charge in [-0.25, -0.2) is 5.10 Å². The largest absolute Gasteiger partial charge is 0.340 e. The Bertz CT molecular complexity index is 556. The Morgan fingerprint density at radius 1 is 1.33 bits per heavy atom. The summed E-state index contributed by atoms with van der Waals surface area (Å²) < 4.78 is 2.69. The van der Waals surface area contributed by atoms with E-state index >= 15 is 0 Å². The number of hydrogen-bond acceptors (Lipinski definition) is 3. The Labute approximate surface area is 112 Å². The highest BCUT2D eigenvalue weighted by Gasteiger charge is 2.13. The van der Waals surface area contributed by atoms with Crippen LogP contribution in [0, 0.1) is 4.77 Å². The molecule has 0 spiro atoms. The average molecular weight is 262 g/mol. The molecule has 1 heterocycles. The molecule has 5 heteroatoms. The van der Waals surface area contributed by atoms with E-state index < -0.39 is 0 Å². The highest BCUT2D eigenvalue weighted by molar-refractivity contribution is 7.71. The molecule has 0 fully saturated rings. The van der Waals surface area contributed by atoms with E-state index in [0.29, 0.717) is 10.8 Å². The Balaban J connectivity index is 2.24. The first kappa shape index (κ1) is 12.8. The summed E-state index contributed by atoms with van der Waals surface area (Å²) in [5, 5.41) is 7.16. The first-order valence-electron chi connectivity index (χ1n) is 6.01. The number of anilines is 1. The van der Waals surface area contributed by atoms with Crippen LogP contribution in [0.5, 0.6) is 0 Å². The highest BCUT2D eigenvalue weighted by Crippen LogP contribution is 2.17. The third kappa shape index (κ3) is 2.61. The van der Waals surface area contributed by atoms with Gasteiger partial charge in [0.05, 0.1) is 0 Å². The zero-order valence-electron chi connectivity index (χ0n) is 10.9. The predicted octanol–water partition coefficient (Wildman–Crippen LogP) is 3.16. The molecule has 0 amide bonds. The van der Waals surface area contributed by atoms with Gasteiger partial charge >= 0.3 is 0 Å². The van der Waals surface area contributed by atoms with Crippen LogP contribution in [0.4, 0.5) is 5.95 Å². The lowest BCUT2D eigenvalue weighted by molar-refractivity contribution is 0.583. The number of aromatic nitrogens is 3. The highest BCUT2D eigenvalue weighted by atomic mass is 32.1. The molecule has 18 heavy (non-hydrogen) atoms. The zero-order chi connectivity index (χ0) is 13.1. The molecule has 0 bridgehead atoms. The molecule has 0 aliphatic carbocycles. The number of hydrogen-bond donors (Lipinski definition) is 1. The molecule has 0 radical (unpaired) electrons. The molecule has 0 aliphatic heterocycles. The molecular formula is C13H18N4S. The zero-order valence-corrected chi connectivity index (χ0v) is 11.7. The van der Waals surface area contributed by atoms with E-state index in [9.17, 15) is 0 Å². The number of nitrogens with zero attached hydrogens (tertiary/aromatic N) is 3. The number of rotatable bonds is 4. The van der Waals surface area contributed by atoms with Crippen LogP contribution in [0.3, 0.4) is 0 Å². The molecule has 0 saturated heterocycles. The molecule has 0 unspecified atom stereocenters. The number of nitrogens with one attached hydrogen (secondary N) is 1. The third-order valence-electron chi connectivity index (χ3n) is 2.81. The molecule has 2 rings (SSSR count). The van der Waals surface area contributed by atoms with Gasteiger partial charge in [0.2, 0.25) is 5.95 Å². The van der Waals surface area contributed by atoms with E-state index in [1.165, 1.54) is 5.56 Å². The summed E-state index contributed by atoms with van der Waals surface area (Å²) in [6.07, 6.45) is 0. The van der Waals surface area contributed by atoms with Crippen molar-refractivity contribution in [2.75, 3.05) is 11.9 Å². The van der Waals surface area contributed by atoms with Crippen molar-refractivity contribution >= 4 is 18.2 Å². The van der Waals surface area contributed by atoms with E-state index in [2.05, 4.69) is 41.1 Å². The van der Waals surface area contributed by atoms with Crippen molar-refractivity contribution < 1.29 is 0 Å². The molecule has 2 aromatic rings. The summed E-state index contributed by atoms with van der Waals surface area (Å²) in [6.45, 7) is 5.02. The predicted molar refractivity (Wildman–Crippen MR) is 76.3 cm³/mol. The summed E-state index contributed by atoms with van der Waals surface area (Å²) in [5.41, 5.74) is 1.25. The summed E-state index contributed by atoms with van der Waals surface area (Å²) >= 11 is 5.25. The van der Waals surface area contributed by atoms with Crippen LogP contribution < -0.4 is 4.90 Å². The molecule has 0 saturated carbocycles. The lowest BCUT2D eigenvalue weighted by Crippen LogP contribution is -2.21. The van der Waals surface area contributed by atoms with Gasteiger partial charge in [0, 0.05) is 19.6 Å². The second-order valence-electron chi connectivity index (χ2n) is 4.63. The van der Waals surface area contributed by atoms with Gasteiger partial charge in [-0.05, 0) is 31.6 Å². The molecule has 0 aliphatic rings. The minimum absolute atomic E-state index is 0.296. The fourth-order valence-electron chi connectivity index (χ4n) is 1.96. The SMILES string of the molecule is CC(C)n1c(N(C)Cc2ccccc2)n[nH]c1=S. The van der Waals surface area contributed by atoms with Gasteiger partial charge < -0.3 is 4.90 Å². The molecule has 96 valence electrons. The fraction of sp³-hybridized carbons (Fsp3) is 0.385. The van der Waals surface area contributed by atoms with E-state index in [4.69, 9.17) is 12.2 Å². The standard InChI is InChI=1S/C13H18N4S/c1-10(2)17-12(14-15-13(17)18)16(3)9-11-7-5-4-6-8-11/h4-8,10H,9H2,1-3H3,(H,15,18). The van der Waals surface area contributed by atoms with Crippen LogP contribution in [0.2, 0.25) is 0 Å². The summed E-state index contributed by atoms with van der Waals surface area (Å²) in [7, 11) is 2.02. The second kappa shape index (κ2) is 5.35. The van der Waals surface area contributed by atoms with E-state index in [1.807, 2.05) is 29.8 Å². The maximum Gasteiger partial charge on any atom is 0.226 e. The van der Waals surface area contributed by atoms with Crippen LogP contribution in [-0.4, -0.2) is 21.8 Å². The minimum Gasteiger partial charge on any atom is -0.340 e. The third-order valence-corrected chi connectivity index (χ3v) is 3.09. The maximum atomic E-state index is 5.25. The van der Waals surface area contributed by atoms with Gasteiger partial charge in [0.25, 0.3) is 0 Å². The topological polar surface area (TPSA) is 36.9 Å². The van der Waals surface area contributed by atoms with Gasteiger partial charge in [-0.1, -0.05) is 30.3 Å². The van der Waals surface area contributed by atoms with Gasteiger partial charge in [-0.15, -0.1) is 5.10 Å². The normalized spacial score (nSPS) is 10.9. The van der Waals surface area contributed by atoms with Crippen LogP contribution >= 0.6 is 12.2 Å². The molecule has 1 aromatic heterocycles. The molecule has 1 aromatic carbocycles. The fourth-order valence-corrected chi connectivity index (χ4v) is 2.30. The molecule has 4 nitrogen and oxygen atoms in total. The van der Waals surface area contributed by atoms with Crippen LogP contribution in [0.1, 0.15) is 25.5 Å². The summed E-state index contributed by atoms with van der Waals surface area (Å²) in [5.74, 6) is 0.874. The van der Waals surface area contributed by atoms with Crippen molar-refractivity contribution in [2.45, 2.75) is 26.4 Å². The second-order valence-corrected chi connectivity index (χ2v) is 5.02. The number of aromatic amines is 1. The van der Waals surface area contributed by atoms with Crippen molar-refractivity contribution in [3.8, 4) is 0 Å². The van der Waals surface area contributed by atoms with Gasteiger partial charge in [0.1, 0.15) is 0 Å². The van der Waals surface area contributed by atoms with Gasteiger partial charge in [0.15, 0.2) is 4.77 Å². The van der Waals surface area contributed by atoms with Crippen molar-refractivity contribution in [1.82, 2.24) is 14.8 Å². The van der Waals surface area contributed by atoms with E-state index in [0.717, 1.165) is 12.5 Å². The summed E-state index contributed by atoms with van der Waals surface area (Å²) in [4.78, 5) is 2.10.